The van der Waals surface area contributed by atoms with Gasteiger partial charge in [0.15, 0.2) is 5.75 Å². The number of nitrogens with zero attached hydrogens (tertiary/aromatic N) is 4. The Morgan fingerprint density at radius 2 is 2.17 bits per heavy atom. The maximum atomic E-state index is 12.3. The van der Waals surface area contributed by atoms with Gasteiger partial charge in [0, 0.05) is 38.9 Å². The average Bonchev–Trinajstić information content (AvgIpc) is 2.57. The van der Waals surface area contributed by atoms with Gasteiger partial charge in [-0.3, -0.25) is 4.79 Å². The van der Waals surface area contributed by atoms with Crippen molar-refractivity contribution in [3.63, 3.8) is 0 Å². The first-order valence-electron chi connectivity index (χ1n) is 7.36. The lowest BCUT2D eigenvalue weighted by atomic mass is 10.3. The van der Waals surface area contributed by atoms with E-state index in [0.717, 1.165) is 26.2 Å². The van der Waals surface area contributed by atoms with Crippen LogP contribution in [0.2, 0.25) is 0 Å². The van der Waals surface area contributed by atoms with Crippen molar-refractivity contribution in [1.82, 2.24) is 19.9 Å². The molecule has 1 aliphatic heterocycles. The molecule has 1 aliphatic rings. The molecule has 0 atom stereocenters. The number of carboxylic acid groups (broad SMARTS) is 1. The van der Waals surface area contributed by atoms with Gasteiger partial charge in [-0.1, -0.05) is 0 Å². The number of hydrogen-bond acceptors (Lipinski definition) is 7. The van der Waals surface area contributed by atoms with E-state index in [1.807, 2.05) is 11.8 Å². The van der Waals surface area contributed by atoms with Crippen LogP contribution in [-0.4, -0.2) is 52.0 Å². The van der Waals surface area contributed by atoms with Crippen LogP contribution in [0, 0.1) is 0 Å². The lowest BCUT2D eigenvalue weighted by molar-refractivity contribution is 0.144. The molecule has 2 aromatic heterocycles. The minimum atomic E-state index is -1.53. The van der Waals surface area contributed by atoms with Crippen LogP contribution in [0.25, 0.3) is 11.0 Å². The highest BCUT2D eigenvalue weighted by atomic mass is 16.7. The smallest absolute Gasteiger partial charge is 0.449 e. The maximum Gasteiger partial charge on any atom is 0.511 e. The molecule has 2 aromatic rings. The number of fused-ring (bicyclic) bond motifs is 1. The number of nitrogens with one attached hydrogen (secondary N) is 1. The lowest BCUT2D eigenvalue weighted by Gasteiger charge is -2.27. The zero-order valence-electron chi connectivity index (χ0n) is 12.7. The predicted molar refractivity (Wildman–Crippen MR) is 83.2 cm³/mol. The average molecular weight is 319 g/mol. The molecule has 0 aromatic carbocycles. The quantitative estimate of drug-likeness (QED) is 0.776. The molecule has 23 heavy (non-hydrogen) atoms. The van der Waals surface area contributed by atoms with Crippen molar-refractivity contribution in [3.05, 3.63) is 22.6 Å². The van der Waals surface area contributed by atoms with E-state index >= 15 is 0 Å². The molecule has 9 heteroatoms. The Balaban J connectivity index is 2.11. The van der Waals surface area contributed by atoms with Crippen LogP contribution in [0.4, 0.5) is 10.7 Å². The van der Waals surface area contributed by atoms with Crippen molar-refractivity contribution in [1.29, 1.82) is 0 Å². The molecule has 0 unspecified atom stereocenters. The summed E-state index contributed by atoms with van der Waals surface area (Å²) in [5.41, 5.74) is -0.0577. The minimum Gasteiger partial charge on any atom is -0.449 e. The second-order valence-corrected chi connectivity index (χ2v) is 5.12. The van der Waals surface area contributed by atoms with Crippen LogP contribution >= 0.6 is 0 Å². The molecule has 0 spiro atoms. The van der Waals surface area contributed by atoms with Crippen molar-refractivity contribution < 1.29 is 14.6 Å². The zero-order chi connectivity index (χ0) is 16.4. The number of anilines is 1. The summed E-state index contributed by atoms with van der Waals surface area (Å²) in [6.45, 7) is 5.69. The summed E-state index contributed by atoms with van der Waals surface area (Å²) in [6.07, 6.45) is 1.28. The standard InChI is InChI=1S/C14H17N5O4/c1-2-18-8-10(23-14(21)22)11(20)9-7-16-13(17-12(9)18)19-5-3-15-4-6-19/h7-8,15H,2-6H2,1H3,(H,21,22). The fourth-order valence-corrected chi connectivity index (χ4v) is 2.56. The second kappa shape index (κ2) is 6.21. The molecule has 9 nitrogen and oxygen atoms in total. The number of pyridine rings is 1. The van der Waals surface area contributed by atoms with E-state index in [-0.39, 0.29) is 11.1 Å². The Morgan fingerprint density at radius 1 is 1.43 bits per heavy atom. The monoisotopic (exact) mass is 319 g/mol. The van der Waals surface area contributed by atoms with Gasteiger partial charge in [-0.2, -0.15) is 4.98 Å². The lowest BCUT2D eigenvalue weighted by Crippen LogP contribution is -2.44. The molecule has 122 valence electrons. The van der Waals surface area contributed by atoms with Crippen molar-refractivity contribution in [2.45, 2.75) is 13.5 Å². The van der Waals surface area contributed by atoms with Gasteiger partial charge in [0.1, 0.15) is 5.65 Å². The summed E-state index contributed by atoms with van der Waals surface area (Å²) < 4.78 is 6.23. The van der Waals surface area contributed by atoms with Crippen molar-refractivity contribution in [2.24, 2.45) is 0 Å². The van der Waals surface area contributed by atoms with Crippen molar-refractivity contribution >= 4 is 23.1 Å². The first-order chi connectivity index (χ1) is 11.1. The van der Waals surface area contributed by atoms with Gasteiger partial charge in [-0.05, 0) is 6.92 Å². The molecule has 3 heterocycles. The molecule has 0 saturated carbocycles. The Morgan fingerprint density at radius 3 is 2.83 bits per heavy atom. The van der Waals surface area contributed by atoms with Crippen LogP contribution in [-0.2, 0) is 6.54 Å². The molecular weight excluding hydrogens is 302 g/mol. The van der Waals surface area contributed by atoms with E-state index in [2.05, 4.69) is 20.0 Å². The van der Waals surface area contributed by atoms with E-state index in [1.165, 1.54) is 12.4 Å². The predicted octanol–water partition coefficient (Wildman–Crippen LogP) is 0.278. The van der Waals surface area contributed by atoms with E-state index in [1.54, 1.807) is 4.57 Å². The molecule has 0 bridgehead atoms. The normalized spacial score (nSPS) is 14.9. The summed E-state index contributed by atoms with van der Waals surface area (Å²) >= 11 is 0. The Kier molecular flexibility index (Phi) is 4.11. The van der Waals surface area contributed by atoms with Gasteiger partial charge in [-0.25, -0.2) is 9.78 Å². The first-order valence-corrected chi connectivity index (χ1v) is 7.36. The van der Waals surface area contributed by atoms with Crippen molar-refractivity contribution in [3.8, 4) is 5.75 Å². The summed E-state index contributed by atoms with van der Waals surface area (Å²) in [5, 5.41) is 12.2. The van der Waals surface area contributed by atoms with Crippen LogP contribution in [0.3, 0.4) is 0 Å². The summed E-state index contributed by atoms with van der Waals surface area (Å²) in [4.78, 5) is 33.8. The van der Waals surface area contributed by atoms with Gasteiger partial charge in [0.2, 0.25) is 11.4 Å². The largest absolute Gasteiger partial charge is 0.511 e. The molecule has 0 radical (unpaired) electrons. The highest BCUT2D eigenvalue weighted by molar-refractivity contribution is 5.77. The fourth-order valence-electron chi connectivity index (χ4n) is 2.56. The number of rotatable bonds is 3. The van der Waals surface area contributed by atoms with Gasteiger partial charge < -0.3 is 24.6 Å². The Labute approximate surface area is 131 Å². The molecule has 1 saturated heterocycles. The second-order valence-electron chi connectivity index (χ2n) is 5.12. The molecule has 0 aliphatic carbocycles. The van der Waals surface area contributed by atoms with E-state index in [4.69, 9.17) is 5.11 Å². The number of aromatic nitrogens is 3. The molecule has 0 amide bonds. The van der Waals surface area contributed by atoms with Crippen molar-refractivity contribution in [2.75, 3.05) is 31.1 Å². The van der Waals surface area contributed by atoms with Crippen LogP contribution in [0.5, 0.6) is 5.75 Å². The Hall–Kier alpha value is -2.68. The van der Waals surface area contributed by atoms with Gasteiger partial charge in [0.05, 0.1) is 11.6 Å². The summed E-state index contributed by atoms with van der Waals surface area (Å²) in [7, 11) is 0. The molecular formula is C14H17N5O4. The SMILES string of the molecule is CCn1cc(OC(=O)O)c(=O)c2cnc(N3CCNCC3)nc21. The van der Waals surface area contributed by atoms with Crippen LogP contribution in [0.1, 0.15) is 6.92 Å². The topological polar surface area (TPSA) is 110 Å². The van der Waals surface area contributed by atoms with Crippen LogP contribution < -0.4 is 20.4 Å². The number of piperazine rings is 1. The number of aryl methyl sites for hydroxylation is 1. The summed E-state index contributed by atoms with van der Waals surface area (Å²) in [6, 6.07) is 0. The Bertz CT molecular complexity index is 798. The maximum absolute atomic E-state index is 12.3. The third kappa shape index (κ3) is 2.95. The van der Waals surface area contributed by atoms with E-state index in [9.17, 15) is 9.59 Å². The molecule has 2 N–H and O–H groups in total. The number of hydrogen-bond donors (Lipinski definition) is 2. The fraction of sp³-hybridized carbons (Fsp3) is 0.429. The van der Waals surface area contributed by atoms with E-state index in [0.29, 0.717) is 18.1 Å². The van der Waals surface area contributed by atoms with Gasteiger partial charge in [-0.15, -0.1) is 0 Å². The molecule has 3 rings (SSSR count). The third-order valence-corrected chi connectivity index (χ3v) is 3.71. The first kappa shape index (κ1) is 15.2. The van der Waals surface area contributed by atoms with E-state index < -0.39 is 11.6 Å². The van der Waals surface area contributed by atoms with Crippen LogP contribution in [0.15, 0.2) is 17.2 Å². The number of ether oxygens (including phenoxy) is 1. The molecule has 1 fully saturated rings. The van der Waals surface area contributed by atoms with Gasteiger partial charge in [0.25, 0.3) is 0 Å². The zero-order valence-corrected chi connectivity index (χ0v) is 12.7. The number of carbonyl (C=O) groups is 1. The highest BCUT2D eigenvalue weighted by Crippen LogP contribution is 2.17. The minimum absolute atomic E-state index is 0.240. The van der Waals surface area contributed by atoms with Gasteiger partial charge >= 0.3 is 6.16 Å². The highest BCUT2D eigenvalue weighted by Gasteiger charge is 2.17. The summed E-state index contributed by atoms with van der Waals surface area (Å²) in [5.74, 6) is 0.317. The third-order valence-electron chi connectivity index (χ3n) is 3.71.